The van der Waals surface area contributed by atoms with Crippen LogP contribution in [-0.4, -0.2) is 73.2 Å². The van der Waals surface area contributed by atoms with Gasteiger partial charge in [0.15, 0.2) is 0 Å². The zero-order valence-corrected chi connectivity index (χ0v) is 24.9. The molecule has 2 aliphatic heterocycles. The van der Waals surface area contributed by atoms with Gasteiger partial charge >= 0.3 is 6.18 Å². The molecule has 2 fully saturated rings. The first-order valence-corrected chi connectivity index (χ1v) is 14.6. The SMILES string of the molecule is CN(C)C(=O)c1ccc(N2CCC(CC3CCN(C(=O)[C@](O)(c4cccc(Br)c4)C(F)(F)F)CC3)CC2)cc1Cl. The van der Waals surface area contributed by atoms with Crippen LogP contribution in [-0.2, 0) is 10.4 Å². The van der Waals surface area contributed by atoms with Crippen LogP contribution in [0.5, 0.6) is 0 Å². The smallest absolute Gasteiger partial charge is 0.371 e. The lowest BCUT2D eigenvalue weighted by atomic mass is 9.82. The van der Waals surface area contributed by atoms with Crippen molar-refractivity contribution in [1.82, 2.24) is 9.80 Å². The van der Waals surface area contributed by atoms with Crippen LogP contribution in [0.4, 0.5) is 18.9 Å². The van der Waals surface area contributed by atoms with Gasteiger partial charge in [0, 0.05) is 56.0 Å². The molecule has 2 heterocycles. The minimum absolute atomic E-state index is 0.140. The van der Waals surface area contributed by atoms with Gasteiger partial charge in [-0.05, 0) is 74.3 Å². The Morgan fingerprint density at radius 3 is 2.12 bits per heavy atom. The van der Waals surface area contributed by atoms with E-state index in [1.165, 1.54) is 11.0 Å². The molecular formula is C29H34BrClF3N3O3. The number of alkyl halides is 3. The second-order valence-electron chi connectivity index (χ2n) is 11.0. The van der Waals surface area contributed by atoms with E-state index >= 15 is 0 Å². The Labute approximate surface area is 246 Å². The maximum Gasteiger partial charge on any atom is 0.430 e. The first-order chi connectivity index (χ1) is 18.8. The van der Waals surface area contributed by atoms with Crippen molar-refractivity contribution < 1.29 is 27.9 Å². The molecule has 218 valence electrons. The minimum atomic E-state index is -5.15. The Kier molecular flexibility index (Phi) is 9.42. The molecule has 1 atom stereocenters. The van der Waals surface area contributed by atoms with Crippen LogP contribution in [0.1, 0.15) is 48.0 Å². The quantitative estimate of drug-likeness (QED) is 0.413. The maximum atomic E-state index is 14.0. The molecular weight excluding hydrogens is 611 g/mol. The van der Waals surface area contributed by atoms with E-state index in [1.807, 2.05) is 12.1 Å². The second kappa shape index (κ2) is 12.3. The first-order valence-electron chi connectivity index (χ1n) is 13.4. The normalized spacial score (nSPS) is 18.9. The Bertz CT molecular complexity index is 1230. The van der Waals surface area contributed by atoms with Crippen molar-refractivity contribution in [1.29, 1.82) is 0 Å². The summed E-state index contributed by atoms with van der Waals surface area (Å²) in [5.41, 5.74) is -2.63. The number of rotatable bonds is 6. The third kappa shape index (κ3) is 6.44. The molecule has 0 unspecified atom stereocenters. The van der Waals surface area contributed by atoms with Crippen molar-refractivity contribution in [3.8, 4) is 0 Å². The predicted octanol–water partition coefficient (Wildman–Crippen LogP) is 6.10. The van der Waals surface area contributed by atoms with Gasteiger partial charge in [-0.1, -0.05) is 39.7 Å². The Balaban J connectivity index is 1.30. The Hall–Kier alpha value is -2.30. The highest BCUT2D eigenvalue weighted by Crippen LogP contribution is 2.42. The van der Waals surface area contributed by atoms with E-state index in [0.717, 1.165) is 55.1 Å². The number of carbonyl (C=O) groups is 2. The number of hydrogen-bond donors (Lipinski definition) is 1. The van der Waals surface area contributed by atoms with Crippen LogP contribution < -0.4 is 4.90 Å². The third-order valence-corrected chi connectivity index (χ3v) is 8.91. The summed E-state index contributed by atoms with van der Waals surface area (Å²) in [6, 6.07) is 10.7. The van der Waals surface area contributed by atoms with Crippen LogP contribution in [0.3, 0.4) is 0 Å². The number of halogens is 5. The van der Waals surface area contributed by atoms with E-state index in [9.17, 15) is 27.9 Å². The van der Waals surface area contributed by atoms with Crippen molar-refractivity contribution in [2.45, 2.75) is 43.9 Å². The number of hydrogen-bond acceptors (Lipinski definition) is 4. The third-order valence-electron chi connectivity index (χ3n) is 8.10. The van der Waals surface area contributed by atoms with Gasteiger partial charge < -0.3 is 19.8 Å². The number of nitrogens with zero attached hydrogens (tertiary/aromatic N) is 3. The zero-order valence-electron chi connectivity index (χ0n) is 22.6. The zero-order chi connectivity index (χ0) is 29.2. The van der Waals surface area contributed by atoms with Crippen LogP contribution in [0.15, 0.2) is 46.9 Å². The number of carbonyl (C=O) groups excluding carboxylic acids is 2. The highest BCUT2D eigenvalue weighted by atomic mass is 79.9. The lowest BCUT2D eigenvalue weighted by Gasteiger charge is -2.40. The number of amides is 2. The van der Waals surface area contributed by atoms with Gasteiger partial charge in [0.2, 0.25) is 0 Å². The van der Waals surface area contributed by atoms with Crippen LogP contribution >= 0.6 is 27.5 Å². The molecule has 2 saturated heterocycles. The molecule has 1 N–H and O–H groups in total. The van der Waals surface area contributed by atoms with Crippen molar-refractivity contribution in [3.05, 3.63) is 63.1 Å². The molecule has 0 radical (unpaired) electrons. The number of benzene rings is 2. The summed E-state index contributed by atoms with van der Waals surface area (Å²) in [6.45, 7) is 2.08. The van der Waals surface area contributed by atoms with Crippen molar-refractivity contribution >= 4 is 45.0 Å². The van der Waals surface area contributed by atoms with E-state index in [0.29, 0.717) is 39.7 Å². The van der Waals surface area contributed by atoms with Crippen molar-refractivity contribution in [2.24, 2.45) is 11.8 Å². The Morgan fingerprint density at radius 1 is 1.00 bits per heavy atom. The standard InChI is InChI=1S/C29H34BrClF3N3O3/c1-35(2)26(38)24-7-6-23(18-25(24)31)36-12-8-19(9-13-36)16-20-10-14-37(15-11-20)27(39)28(40,29(32,33)34)21-4-3-5-22(30)17-21/h3-7,17-20,40H,8-16H2,1-2H3/t28-/m1/s1. The summed E-state index contributed by atoms with van der Waals surface area (Å²) in [7, 11) is 3.37. The van der Waals surface area contributed by atoms with Gasteiger partial charge in [0.05, 0.1) is 10.6 Å². The number of anilines is 1. The molecule has 11 heteroatoms. The predicted molar refractivity (Wildman–Crippen MR) is 152 cm³/mol. The number of aliphatic hydroxyl groups is 1. The van der Waals surface area contributed by atoms with E-state index in [2.05, 4.69) is 20.8 Å². The number of likely N-dealkylation sites (tertiary alicyclic amines) is 1. The molecule has 0 saturated carbocycles. The molecule has 6 nitrogen and oxygen atoms in total. The highest BCUT2D eigenvalue weighted by Gasteiger charge is 2.62. The van der Waals surface area contributed by atoms with Crippen LogP contribution in [0.2, 0.25) is 5.02 Å². The molecule has 0 spiro atoms. The van der Waals surface area contributed by atoms with Crippen molar-refractivity contribution in [3.63, 3.8) is 0 Å². The largest absolute Gasteiger partial charge is 0.430 e. The first kappa shape index (κ1) is 30.7. The molecule has 0 aromatic heterocycles. The molecule has 2 aliphatic rings. The molecule has 40 heavy (non-hydrogen) atoms. The fourth-order valence-electron chi connectivity index (χ4n) is 5.74. The van der Waals surface area contributed by atoms with Crippen LogP contribution in [0, 0.1) is 11.8 Å². The van der Waals surface area contributed by atoms with E-state index in [-0.39, 0.29) is 19.0 Å². The fourth-order valence-corrected chi connectivity index (χ4v) is 6.39. The number of piperidine rings is 2. The summed E-state index contributed by atoms with van der Waals surface area (Å²) >= 11 is 9.52. The van der Waals surface area contributed by atoms with Gasteiger partial charge in [-0.3, -0.25) is 9.59 Å². The summed E-state index contributed by atoms with van der Waals surface area (Å²) in [6.07, 6.45) is -1.02. The average Bonchev–Trinajstić information content (AvgIpc) is 2.92. The Morgan fingerprint density at radius 2 is 1.60 bits per heavy atom. The fraction of sp³-hybridized carbons (Fsp3) is 0.517. The lowest BCUT2D eigenvalue weighted by Crippen LogP contribution is -2.57. The summed E-state index contributed by atoms with van der Waals surface area (Å²) in [5, 5.41) is 11.2. The minimum Gasteiger partial charge on any atom is -0.371 e. The van der Waals surface area contributed by atoms with Gasteiger partial charge in [-0.25, -0.2) is 0 Å². The maximum absolute atomic E-state index is 14.0. The summed E-state index contributed by atoms with van der Waals surface area (Å²) in [5.74, 6) is -0.653. The molecule has 2 aromatic carbocycles. The average molecular weight is 645 g/mol. The van der Waals surface area contributed by atoms with E-state index in [1.54, 1.807) is 26.2 Å². The topological polar surface area (TPSA) is 64.1 Å². The van der Waals surface area contributed by atoms with Gasteiger partial charge in [-0.15, -0.1) is 0 Å². The lowest BCUT2D eigenvalue weighted by molar-refractivity contribution is -0.262. The van der Waals surface area contributed by atoms with Crippen LogP contribution in [0.25, 0.3) is 0 Å². The van der Waals surface area contributed by atoms with E-state index < -0.39 is 23.2 Å². The molecule has 0 aliphatic carbocycles. The van der Waals surface area contributed by atoms with E-state index in [4.69, 9.17) is 11.6 Å². The summed E-state index contributed by atoms with van der Waals surface area (Å²) in [4.78, 5) is 30.2. The van der Waals surface area contributed by atoms with Gasteiger partial charge in [0.25, 0.3) is 17.4 Å². The summed E-state index contributed by atoms with van der Waals surface area (Å²) < 4.78 is 42.5. The highest BCUT2D eigenvalue weighted by molar-refractivity contribution is 9.10. The van der Waals surface area contributed by atoms with Gasteiger partial charge in [-0.2, -0.15) is 13.2 Å². The second-order valence-corrected chi connectivity index (χ2v) is 12.3. The molecule has 2 amide bonds. The molecule has 2 aromatic rings. The van der Waals surface area contributed by atoms with Crippen molar-refractivity contribution in [2.75, 3.05) is 45.2 Å². The monoisotopic (exact) mass is 643 g/mol. The van der Waals surface area contributed by atoms with Gasteiger partial charge in [0.1, 0.15) is 0 Å². The molecule has 4 rings (SSSR count). The molecule has 0 bridgehead atoms.